The van der Waals surface area contributed by atoms with Crippen LogP contribution in [0.2, 0.25) is 0 Å². The van der Waals surface area contributed by atoms with Crippen molar-refractivity contribution in [3.05, 3.63) is 34.3 Å². The first-order valence-electron chi connectivity index (χ1n) is 5.72. The second-order valence-corrected chi connectivity index (χ2v) is 5.24. The van der Waals surface area contributed by atoms with Crippen LogP contribution in [0.4, 0.5) is 0 Å². The van der Waals surface area contributed by atoms with Crippen LogP contribution in [-0.4, -0.2) is 31.6 Å². The van der Waals surface area contributed by atoms with Crippen molar-refractivity contribution in [2.75, 3.05) is 13.7 Å². The molecule has 92 valence electrons. The van der Waals surface area contributed by atoms with E-state index in [9.17, 15) is 4.79 Å². The zero-order valence-electron chi connectivity index (χ0n) is 9.78. The maximum absolute atomic E-state index is 12.0. The summed E-state index contributed by atoms with van der Waals surface area (Å²) >= 11 is 3.38. The van der Waals surface area contributed by atoms with Crippen LogP contribution in [0.1, 0.15) is 12.0 Å². The smallest absolute Gasteiger partial charge is 0.154 e. The molecule has 0 aliphatic carbocycles. The Morgan fingerprint density at radius 2 is 2.18 bits per heavy atom. The average molecular weight is 298 g/mol. The number of hydrogen-bond acceptors (Lipinski definition) is 3. The SMILES string of the molecule is COC1CNC(C(=O)Cc2ccc(Br)cc2)C1. The van der Waals surface area contributed by atoms with E-state index in [4.69, 9.17) is 4.74 Å². The van der Waals surface area contributed by atoms with Gasteiger partial charge in [-0.25, -0.2) is 0 Å². The molecule has 0 amide bonds. The van der Waals surface area contributed by atoms with Gasteiger partial charge in [0.15, 0.2) is 5.78 Å². The molecule has 2 rings (SSSR count). The molecule has 2 unspecified atom stereocenters. The number of hydrogen-bond donors (Lipinski definition) is 1. The van der Waals surface area contributed by atoms with Gasteiger partial charge in [-0.3, -0.25) is 4.79 Å². The van der Waals surface area contributed by atoms with E-state index in [0.717, 1.165) is 23.0 Å². The molecular weight excluding hydrogens is 282 g/mol. The summed E-state index contributed by atoms with van der Waals surface area (Å²) in [5, 5.41) is 3.21. The summed E-state index contributed by atoms with van der Waals surface area (Å²) in [4.78, 5) is 12.0. The highest BCUT2D eigenvalue weighted by molar-refractivity contribution is 9.10. The Kier molecular flexibility index (Phi) is 4.31. The van der Waals surface area contributed by atoms with E-state index in [-0.39, 0.29) is 17.9 Å². The Morgan fingerprint density at radius 1 is 1.47 bits per heavy atom. The molecule has 1 N–H and O–H groups in total. The monoisotopic (exact) mass is 297 g/mol. The molecule has 1 fully saturated rings. The van der Waals surface area contributed by atoms with E-state index in [1.54, 1.807) is 7.11 Å². The van der Waals surface area contributed by atoms with Crippen LogP contribution in [0.3, 0.4) is 0 Å². The number of benzene rings is 1. The molecular formula is C13H16BrNO2. The van der Waals surface area contributed by atoms with Crippen molar-refractivity contribution in [2.45, 2.75) is 25.0 Å². The van der Waals surface area contributed by atoms with Crippen molar-refractivity contribution in [3.8, 4) is 0 Å². The van der Waals surface area contributed by atoms with Crippen LogP contribution in [-0.2, 0) is 16.0 Å². The van der Waals surface area contributed by atoms with Crippen LogP contribution in [0.15, 0.2) is 28.7 Å². The number of Topliss-reactive ketones (excluding diaryl/α,β-unsaturated/α-hetero) is 1. The van der Waals surface area contributed by atoms with Crippen molar-refractivity contribution in [2.24, 2.45) is 0 Å². The molecule has 1 aromatic carbocycles. The summed E-state index contributed by atoms with van der Waals surface area (Å²) in [6.45, 7) is 0.771. The van der Waals surface area contributed by atoms with E-state index < -0.39 is 0 Å². The van der Waals surface area contributed by atoms with Crippen LogP contribution >= 0.6 is 15.9 Å². The number of nitrogens with one attached hydrogen (secondary N) is 1. The number of ether oxygens (including phenoxy) is 1. The van der Waals surface area contributed by atoms with Gasteiger partial charge in [0.25, 0.3) is 0 Å². The minimum absolute atomic E-state index is 0.0522. The molecule has 1 aromatic rings. The fourth-order valence-electron chi connectivity index (χ4n) is 2.05. The Labute approximate surface area is 110 Å². The van der Waals surface area contributed by atoms with Crippen LogP contribution in [0.25, 0.3) is 0 Å². The van der Waals surface area contributed by atoms with Crippen molar-refractivity contribution in [1.29, 1.82) is 0 Å². The fraction of sp³-hybridized carbons (Fsp3) is 0.462. The topological polar surface area (TPSA) is 38.3 Å². The molecule has 1 heterocycles. The first kappa shape index (κ1) is 12.7. The van der Waals surface area contributed by atoms with E-state index >= 15 is 0 Å². The predicted molar refractivity (Wildman–Crippen MR) is 70.1 cm³/mol. The van der Waals surface area contributed by atoms with E-state index in [0.29, 0.717) is 6.42 Å². The minimum Gasteiger partial charge on any atom is -0.380 e. The average Bonchev–Trinajstić information content (AvgIpc) is 2.81. The summed E-state index contributed by atoms with van der Waals surface area (Å²) in [7, 11) is 1.69. The second kappa shape index (κ2) is 5.76. The number of halogens is 1. The van der Waals surface area contributed by atoms with Crippen LogP contribution < -0.4 is 5.32 Å². The third-order valence-corrected chi connectivity index (χ3v) is 3.63. The van der Waals surface area contributed by atoms with E-state index in [1.165, 1.54) is 0 Å². The van der Waals surface area contributed by atoms with Gasteiger partial charge in [-0.1, -0.05) is 28.1 Å². The molecule has 17 heavy (non-hydrogen) atoms. The second-order valence-electron chi connectivity index (χ2n) is 4.32. The number of rotatable bonds is 4. The fourth-order valence-corrected chi connectivity index (χ4v) is 2.32. The van der Waals surface area contributed by atoms with Gasteiger partial charge in [0.05, 0.1) is 12.1 Å². The molecule has 4 heteroatoms. The highest BCUT2D eigenvalue weighted by Gasteiger charge is 2.28. The molecule has 1 saturated heterocycles. The molecule has 0 radical (unpaired) electrons. The lowest BCUT2D eigenvalue weighted by molar-refractivity contribution is -0.120. The standard InChI is InChI=1S/C13H16BrNO2/c1-17-11-7-12(15-8-11)13(16)6-9-2-4-10(14)5-3-9/h2-5,11-12,15H,6-8H2,1H3. The predicted octanol–water partition coefficient (Wildman–Crippen LogP) is 1.94. The Hall–Kier alpha value is -0.710. The van der Waals surface area contributed by atoms with Gasteiger partial charge in [0.2, 0.25) is 0 Å². The first-order chi connectivity index (χ1) is 8.19. The number of ketones is 1. The summed E-state index contributed by atoms with van der Waals surface area (Å²) in [6, 6.07) is 7.82. The highest BCUT2D eigenvalue weighted by Crippen LogP contribution is 2.15. The largest absolute Gasteiger partial charge is 0.380 e. The van der Waals surface area contributed by atoms with Crippen molar-refractivity contribution >= 4 is 21.7 Å². The minimum atomic E-state index is -0.0522. The first-order valence-corrected chi connectivity index (χ1v) is 6.51. The Morgan fingerprint density at radius 3 is 2.76 bits per heavy atom. The van der Waals surface area contributed by atoms with Crippen LogP contribution in [0, 0.1) is 0 Å². The molecule has 0 bridgehead atoms. The lowest BCUT2D eigenvalue weighted by atomic mass is 10.0. The maximum atomic E-state index is 12.0. The maximum Gasteiger partial charge on any atom is 0.154 e. The lowest BCUT2D eigenvalue weighted by Gasteiger charge is -2.09. The van der Waals surface area contributed by atoms with E-state index in [2.05, 4.69) is 21.2 Å². The molecule has 2 atom stereocenters. The van der Waals surface area contributed by atoms with Crippen molar-refractivity contribution in [3.63, 3.8) is 0 Å². The number of carbonyl (C=O) groups excluding carboxylic acids is 1. The normalized spacial score (nSPS) is 23.9. The van der Waals surface area contributed by atoms with Gasteiger partial charge in [0, 0.05) is 24.5 Å². The summed E-state index contributed by atoms with van der Waals surface area (Å²) in [5.74, 6) is 0.242. The van der Waals surface area contributed by atoms with Gasteiger partial charge in [-0.2, -0.15) is 0 Å². The lowest BCUT2D eigenvalue weighted by Crippen LogP contribution is -2.31. The van der Waals surface area contributed by atoms with E-state index in [1.807, 2.05) is 24.3 Å². The summed E-state index contributed by atoms with van der Waals surface area (Å²) in [5.41, 5.74) is 1.06. The quantitative estimate of drug-likeness (QED) is 0.923. The number of methoxy groups -OCH3 is 1. The zero-order chi connectivity index (χ0) is 12.3. The van der Waals surface area contributed by atoms with Gasteiger partial charge in [-0.15, -0.1) is 0 Å². The van der Waals surface area contributed by atoms with Gasteiger partial charge in [0.1, 0.15) is 0 Å². The van der Waals surface area contributed by atoms with Crippen molar-refractivity contribution in [1.82, 2.24) is 5.32 Å². The zero-order valence-corrected chi connectivity index (χ0v) is 11.4. The Bertz CT molecular complexity index is 391. The molecule has 1 aliphatic heterocycles. The molecule has 0 spiro atoms. The molecule has 3 nitrogen and oxygen atoms in total. The van der Waals surface area contributed by atoms with Gasteiger partial charge < -0.3 is 10.1 Å². The third-order valence-electron chi connectivity index (χ3n) is 3.10. The van der Waals surface area contributed by atoms with Crippen LogP contribution in [0.5, 0.6) is 0 Å². The molecule has 0 aromatic heterocycles. The van der Waals surface area contributed by atoms with Crippen molar-refractivity contribution < 1.29 is 9.53 Å². The van der Waals surface area contributed by atoms with Gasteiger partial charge >= 0.3 is 0 Å². The Balaban J connectivity index is 1.91. The highest BCUT2D eigenvalue weighted by atomic mass is 79.9. The number of carbonyl (C=O) groups is 1. The molecule has 0 saturated carbocycles. The summed E-state index contributed by atoms with van der Waals surface area (Å²) in [6.07, 6.45) is 1.45. The third kappa shape index (κ3) is 3.37. The summed E-state index contributed by atoms with van der Waals surface area (Å²) < 4.78 is 6.27. The van der Waals surface area contributed by atoms with Gasteiger partial charge in [-0.05, 0) is 24.1 Å². The molecule has 1 aliphatic rings.